The number of nitrogens with zero attached hydrogens (tertiary/aromatic N) is 2. The molecule has 1 aromatic carbocycles. The van der Waals surface area contributed by atoms with Crippen LogP contribution >= 0.6 is 0 Å². The Labute approximate surface area is 85.4 Å². The van der Waals surface area contributed by atoms with E-state index in [0.29, 0.717) is 0 Å². The lowest BCUT2D eigenvalue weighted by Crippen LogP contribution is -2.07. The predicted molar refractivity (Wildman–Crippen MR) is 60.8 cm³/mol. The number of hydrogen-bond acceptors (Lipinski definition) is 2. The molecule has 0 aliphatic heterocycles. The Hall–Kier alpha value is -1.44. The monoisotopic (exact) mass is 188 g/mol. The Kier molecular flexibility index (Phi) is 3.18. The summed E-state index contributed by atoms with van der Waals surface area (Å²) in [6.45, 7) is 9.80. The molecule has 0 aliphatic rings. The van der Waals surface area contributed by atoms with Gasteiger partial charge in [0.1, 0.15) is 0 Å². The van der Waals surface area contributed by atoms with Gasteiger partial charge in [-0.2, -0.15) is 10.2 Å². The van der Waals surface area contributed by atoms with E-state index in [4.69, 9.17) is 0 Å². The summed E-state index contributed by atoms with van der Waals surface area (Å²) >= 11 is 0. The minimum absolute atomic E-state index is 0.131. The fourth-order valence-corrected chi connectivity index (χ4v) is 0.955. The third kappa shape index (κ3) is 3.13. The summed E-state index contributed by atoms with van der Waals surface area (Å²) in [4.78, 5) is 0. The largest absolute Gasteiger partial charge is 0.183 e. The van der Waals surface area contributed by atoms with E-state index in [2.05, 4.69) is 16.8 Å². The van der Waals surface area contributed by atoms with Crippen LogP contribution in [0.1, 0.15) is 26.3 Å². The predicted octanol–water partition coefficient (Wildman–Crippen LogP) is 4.21. The van der Waals surface area contributed by atoms with Crippen LogP contribution in [0.4, 0.5) is 5.69 Å². The van der Waals surface area contributed by atoms with Crippen LogP contribution in [-0.2, 0) is 0 Å². The van der Waals surface area contributed by atoms with E-state index in [0.717, 1.165) is 11.3 Å². The van der Waals surface area contributed by atoms with Crippen molar-refractivity contribution in [2.24, 2.45) is 10.2 Å². The van der Waals surface area contributed by atoms with Crippen molar-refractivity contribution in [2.45, 2.75) is 26.3 Å². The number of hydrogen-bond donors (Lipinski definition) is 0. The first kappa shape index (κ1) is 10.6. The Balaban J connectivity index is 2.97. The van der Waals surface area contributed by atoms with Crippen molar-refractivity contribution < 1.29 is 0 Å². The van der Waals surface area contributed by atoms with Gasteiger partial charge >= 0.3 is 0 Å². The molecule has 0 aromatic heterocycles. The third-order valence-corrected chi connectivity index (χ3v) is 1.61. The van der Waals surface area contributed by atoms with Gasteiger partial charge in [-0.1, -0.05) is 30.9 Å². The van der Waals surface area contributed by atoms with Crippen LogP contribution in [0.3, 0.4) is 0 Å². The van der Waals surface area contributed by atoms with E-state index < -0.39 is 0 Å². The maximum absolute atomic E-state index is 4.21. The highest BCUT2D eigenvalue weighted by molar-refractivity contribution is 5.62. The molecule has 0 radical (unpaired) electrons. The van der Waals surface area contributed by atoms with Crippen LogP contribution in [0, 0.1) is 0 Å². The Bertz CT molecular complexity index is 346. The molecule has 0 N–H and O–H groups in total. The van der Waals surface area contributed by atoms with Gasteiger partial charge in [-0.05, 0) is 26.8 Å². The SMILES string of the molecule is C=Cc1ccccc1/N=N/C(C)(C)C. The second-order valence-corrected chi connectivity index (χ2v) is 4.13. The van der Waals surface area contributed by atoms with E-state index in [1.807, 2.05) is 45.0 Å². The van der Waals surface area contributed by atoms with Crippen molar-refractivity contribution in [3.05, 3.63) is 36.4 Å². The first-order valence-electron chi connectivity index (χ1n) is 4.67. The molecule has 0 aliphatic carbocycles. The standard InChI is InChI=1S/C12H16N2/c1-5-10-8-6-7-9-11(10)13-14-12(2,3)4/h5-9H,1H2,2-4H3/b14-13+. The number of benzene rings is 1. The van der Waals surface area contributed by atoms with Crippen molar-refractivity contribution in [3.63, 3.8) is 0 Å². The highest BCUT2D eigenvalue weighted by Gasteiger charge is 2.06. The van der Waals surface area contributed by atoms with Gasteiger partial charge in [0.25, 0.3) is 0 Å². The normalized spacial score (nSPS) is 11.9. The van der Waals surface area contributed by atoms with Crippen molar-refractivity contribution in [3.8, 4) is 0 Å². The number of azo groups is 1. The fourth-order valence-electron chi connectivity index (χ4n) is 0.955. The summed E-state index contributed by atoms with van der Waals surface area (Å²) in [5.41, 5.74) is 1.76. The summed E-state index contributed by atoms with van der Waals surface area (Å²) in [6, 6.07) is 7.83. The molecule has 0 spiro atoms. The van der Waals surface area contributed by atoms with Crippen molar-refractivity contribution >= 4 is 11.8 Å². The van der Waals surface area contributed by atoms with E-state index in [1.165, 1.54) is 0 Å². The maximum Gasteiger partial charge on any atom is 0.0924 e. The average Bonchev–Trinajstić information content (AvgIpc) is 2.14. The van der Waals surface area contributed by atoms with E-state index in [1.54, 1.807) is 6.08 Å². The molecule has 0 saturated heterocycles. The summed E-state index contributed by atoms with van der Waals surface area (Å²) in [7, 11) is 0. The van der Waals surface area contributed by atoms with E-state index in [-0.39, 0.29) is 5.54 Å². The highest BCUT2D eigenvalue weighted by Crippen LogP contribution is 2.21. The lowest BCUT2D eigenvalue weighted by atomic mass is 10.1. The first-order valence-corrected chi connectivity index (χ1v) is 4.67. The molecule has 74 valence electrons. The topological polar surface area (TPSA) is 24.7 Å². The molecular weight excluding hydrogens is 172 g/mol. The van der Waals surface area contributed by atoms with E-state index >= 15 is 0 Å². The minimum Gasteiger partial charge on any atom is -0.183 e. The van der Waals surface area contributed by atoms with Gasteiger partial charge in [0.05, 0.1) is 11.2 Å². The van der Waals surface area contributed by atoms with Gasteiger partial charge in [-0.3, -0.25) is 0 Å². The molecule has 14 heavy (non-hydrogen) atoms. The Morgan fingerprint density at radius 2 is 1.86 bits per heavy atom. The molecule has 0 saturated carbocycles. The summed E-state index contributed by atoms with van der Waals surface area (Å²) in [5.74, 6) is 0. The zero-order valence-electron chi connectivity index (χ0n) is 8.99. The Morgan fingerprint density at radius 3 is 2.43 bits per heavy atom. The molecule has 0 amide bonds. The molecule has 2 heteroatoms. The lowest BCUT2D eigenvalue weighted by molar-refractivity contribution is 0.552. The average molecular weight is 188 g/mol. The zero-order chi connectivity index (χ0) is 10.6. The smallest absolute Gasteiger partial charge is 0.0924 e. The zero-order valence-corrected chi connectivity index (χ0v) is 8.99. The second-order valence-electron chi connectivity index (χ2n) is 4.13. The highest BCUT2D eigenvalue weighted by atomic mass is 15.1. The van der Waals surface area contributed by atoms with Crippen LogP contribution in [0.2, 0.25) is 0 Å². The molecule has 0 fully saturated rings. The molecule has 1 aromatic rings. The van der Waals surface area contributed by atoms with Crippen LogP contribution in [0.15, 0.2) is 41.1 Å². The van der Waals surface area contributed by atoms with Crippen LogP contribution in [0.25, 0.3) is 6.08 Å². The molecule has 0 unspecified atom stereocenters. The quantitative estimate of drug-likeness (QED) is 0.621. The maximum atomic E-state index is 4.21. The van der Waals surface area contributed by atoms with Gasteiger partial charge in [-0.15, -0.1) is 0 Å². The molecule has 0 heterocycles. The van der Waals surface area contributed by atoms with Gasteiger partial charge in [0.15, 0.2) is 0 Å². The molecular formula is C12H16N2. The van der Waals surface area contributed by atoms with Crippen LogP contribution < -0.4 is 0 Å². The van der Waals surface area contributed by atoms with Gasteiger partial charge in [0, 0.05) is 5.56 Å². The summed E-state index contributed by atoms with van der Waals surface area (Å²) < 4.78 is 0. The van der Waals surface area contributed by atoms with Gasteiger partial charge in [0.2, 0.25) is 0 Å². The Morgan fingerprint density at radius 1 is 1.21 bits per heavy atom. The molecule has 1 rings (SSSR count). The number of rotatable bonds is 2. The summed E-state index contributed by atoms with van der Waals surface area (Å²) in [5, 5.41) is 8.41. The molecule has 0 bridgehead atoms. The summed E-state index contributed by atoms with van der Waals surface area (Å²) in [6.07, 6.45) is 1.79. The lowest BCUT2D eigenvalue weighted by Gasteiger charge is -2.09. The van der Waals surface area contributed by atoms with Gasteiger partial charge in [-0.25, -0.2) is 0 Å². The van der Waals surface area contributed by atoms with Gasteiger partial charge < -0.3 is 0 Å². The minimum atomic E-state index is -0.131. The molecule has 0 atom stereocenters. The van der Waals surface area contributed by atoms with E-state index in [9.17, 15) is 0 Å². The first-order chi connectivity index (χ1) is 6.53. The van der Waals surface area contributed by atoms with Crippen molar-refractivity contribution in [1.29, 1.82) is 0 Å². The second kappa shape index (κ2) is 4.18. The molecule has 2 nitrogen and oxygen atoms in total. The van der Waals surface area contributed by atoms with Crippen LogP contribution in [-0.4, -0.2) is 5.54 Å². The van der Waals surface area contributed by atoms with Crippen molar-refractivity contribution in [2.75, 3.05) is 0 Å². The fraction of sp³-hybridized carbons (Fsp3) is 0.333. The third-order valence-electron chi connectivity index (χ3n) is 1.61. The van der Waals surface area contributed by atoms with Crippen molar-refractivity contribution in [1.82, 2.24) is 0 Å². The van der Waals surface area contributed by atoms with Crippen LogP contribution in [0.5, 0.6) is 0 Å².